The molecule has 0 aromatic heterocycles. The van der Waals surface area contributed by atoms with Gasteiger partial charge in [0.05, 0.1) is 48.9 Å². The molecule has 0 heterocycles. The van der Waals surface area contributed by atoms with Crippen LogP contribution >= 0.6 is 0 Å². The molecule has 0 bridgehead atoms. The van der Waals surface area contributed by atoms with E-state index in [-0.39, 0.29) is 293 Å². The van der Waals surface area contributed by atoms with E-state index in [0.717, 1.165) is 9.80 Å². The quantitative estimate of drug-likeness (QED) is 0.0176. The monoisotopic (exact) mass is 1360 g/mol. The van der Waals surface area contributed by atoms with Crippen LogP contribution in [0.5, 0.6) is 0 Å². The standard InChI is InChI=1S/2C10H16N2O8.2C5H12O2.2CHF3O3S.6Na.2Zn/c2*13-7(14)3-11(4-8(15)16)1-2-12(5-9(17)18)6-10(19)20;2*1-4(6)3-5(2)7;2*2-1(3,4)8(5,6)7;;;;;;;;/h2*1-6H2,(H,13,14)(H,15,16)(H,17,18)(H,19,20);2*4-7H,3H2,1-2H3;2*(H,5,6,7);;;;;;;;/q;;;;;;6*+1;;/p-1. The number of alkyl halides is 6. The molecule has 0 spiro atoms. The molecule has 30 nitrogen and oxygen atoms in total. The Bertz CT molecular complexity index is 1570. The minimum atomic E-state index is -6.09. The second kappa shape index (κ2) is 62.1. The molecular formula is C32H57F6N4Na6O26S2Zn2+5. The van der Waals surface area contributed by atoms with Crippen molar-refractivity contribution >= 4 is 68.0 Å². The molecule has 0 aliphatic heterocycles. The van der Waals surface area contributed by atoms with Gasteiger partial charge in [0.25, 0.3) is 0 Å². The Hall–Kier alpha value is 2.09. The van der Waals surface area contributed by atoms with Gasteiger partial charge in [-0.1, -0.05) is 0 Å². The first kappa shape index (κ1) is 115. The molecule has 0 saturated carbocycles. The summed E-state index contributed by atoms with van der Waals surface area (Å²) in [5.74, 6) is -9.52. The average Bonchev–Trinajstić information content (AvgIpc) is 3.06. The van der Waals surface area contributed by atoms with E-state index in [2.05, 4.69) is 0 Å². The van der Waals surface area contributed by atoms with Gasteiger partial charge in [-0.25, -0.2) is 16.8 Å². The third-order valence-electron chi connectivity index (χ3n) is 6.28. The van der Waals surface area contributed by atoms with Gasteiger partial charge in [0, 0.05) is 104 Å². The molecule has 4 atom stereocenters. The minimum Gasteiger partial charge on any atom is -0.741 e. The molecule has 78 heavy (non-hydrogen) atoms. The van der Waals surface area contributed by atoms with E-state index in [1.807, 2.05) is 0 Å². The van der Waals surface area contributed by atoms with Crippen LogP contribution in [0.3, 0.4) is 0 Å². The van der Waals surface area contributed by atoms with Crippen LogP contribution < -0.4 is 193 Å². The number of carboxylic acid groups (broad SMARTS) is 4. The molecule has 13 N–H and O–H groups in total. The van der Waals surface area contributed by atoms with Crippen LogP contribution in [-0.4, -0.2) is 253 Å². The number of hydrogen-bond acceptors (Lipinski definition) is 25. The fourth-order valence-electron chi connectivity index (χ4n) is 3.96. The van der Waals surface area contributed by atoms with Crippen LogP contribution in [-0.2, 0) is 97.5 Å². The van der Waals surface area contributed by atoms with Gasteiger partial charge >= 0.3 is 218 Å². The summed E-state index contributed by atoms with van der Waals surface area (Å²) in [4.78, 5) is 89.0. The van der Waals surface area contributed by atoms with Gasteiger partial charge in [0.15, 0.2) is 46.4 Å². The van der Waals surface area contributed by atoms with Crippen molar-refractivity contribution in [2.45, 2.75) is 76.0 Å². The molecule has 0 aromatic rings. The number of carbonyl (C=O) groups is 8. The topological polar surface area (TPSA) is 526 Å². The normalized spacial score (nSPS) is 11.7. The summed E-state index contributed by atoms with van der Waals surface area (Å²) in [5.41, 5.74) is -11.3. The first-order valence-corrected chi connectivity index (χ1v) is 21.4. The zero-order chi connectivity index (χ0) is 57.1. The molecule has 0 fully saturated rings. The number of carboxylic acids is 4. The first-order valence-electron chi connectivity index (χ1n) is 18.6. The fourth-order valence-corrected chi connectivity index (χ4v) is 3.96. The van der Waals surface area contributed by atoms with E-state index in [0.29, 0.717) is 12.8 Å². The summed E-state index contributed by atoms with van der Waals surface area (Å²) >= 11 is 0. The molecule has 0 aliphatic carbocycles. The third kappa shape index (κ3) is 94.5. The maximum absolute atomic E-state index is 10.7. The molecule has 46 heteroatoms. The number of aliphatic hydroxyl groups is 4. The van der Waals surface area contributed by atoms with Crippen LogP contribution in [0, 0.1) is 0 Å². The summed E-state index contributed by atoms with van der Waals surface area (Å²) in [6.45, 7) is 2.39. The summed E-state index contributed by atoms with van der Waals surface area (Å²) < 4.78 is 118. The molecular weight excluding hydrogens is 1300 g/mol. The fraction of sp³-hybridized carbons (Fsp3) is 0.750. The van der Waals surface area contributed by atoms with Crippen molar-refractivity contribution in [1.29, 1.82) is 0 Å². The third-order valence-corrected chi connectivity index (χ3v) is 7.42. The summed E-state index contributed by atoms with van der Waals surface area (Å²) in [7, 11) is -12.2. The predicted octanol–water partition coefficient (Wildman–Crippen LogP) is -29.1. The van der Waals surface area contributed by atoms with Gasteiger partial charge in [-0.2, -0.15) is 26.3 Å². The van der Waals surface area contributed by atoms with Crippen molar-refractivity contribution in [2.75, 3.05) is 78.5 Å². The molecule has 0 saturated heterocycles. The molecule has 4 unspecified atom stereocenters. The number of aliphatic carboxylic acids is 4. The van der Waals surface area contributed by atoms with Crippen molar-refractivity contribution in [3.8, 4) is 0 Å². The van der Waals surface area contributed by atoms with Crippen molar-refractivity contribution in [3.63, 3.8) is 0 Å². The Morgan fingerprint density at radius 3 is 0.654 bits per heavy atom. The molecule has 0 aliphatic rings. The first-order chi connectivity index (χ1) is 31.2. The van der Waals surface area contributed by atoms with E-state index < -0.39 is 105 Å². The second-order valence-electron chi connectivity index (χ2n) is 13.7. The molecule has 0 radical (unpaired) electrons. The number of hydrogen-bond donors (Lipinski definition) is 5. The minimum absolute atomic E-state index is 0. The predicted molar refractivity (Wildman–Crippen MR) is 210 cm³/mol. The SMILES string of the molecule is CC(O)CC(C)O.CC(O)CC(C)O.O=C([O-])CN(CCN(CC(=O)[O-])CC(=O)O)CC(=O)[O-].O=C([OH2+])CN(CCN(CC(=O)[OH2+])CC(=O)[OH2+])CC(=O)[OH2+].O=S(=O)([O-])C(F)(F)F.O=S(=O)([O-])C(F)(F)F.[Na+].[Na+].[Na+].[Na+].[Na+].[Na+].[Zn].[Zn]. The molecule has 0 rings (SSSR count). The van der Waals surface area contributed by atoms with Gasteiger partial charge in [0.1, 0.15) is 0 Å². The van der Waals surface area contributed by atoms with E-state index in [1.165, 1.54) is 9.80 Å². The molecule has 420 valence electrons. The van der Waals surface area contributed by atoms with Crippen molar-refractivity contribution in [1.82, 2.24) is 19.6 Å². The Balaban J connectivity index is -0.0000000546. The molecule has 0 aromatic carbocycles. The summed E-state index contributed by atoms with van der Waals surface area (Å²) in [6.07, 6.45) is -0.556. The molecule has 0 amide bonds. The van der Waals surface area contributed by atoms with Crippen molar-refractivity contribution in [2.24, 2.45) is 0 Å². The van der Waals surface area contributed by atoms with Crippen LogP contribution in [0.1, 0.15) is 40.5 Å². The van der Waals surface area contributed by atoms with Crippen LogP contribution in [0.15, 0.2) is 0 Å². The van der Waals surface area contributed by atoms with E-state index in [1.54, 1.807) is 27.7 Å². The smallest absolute Gasteiger partial charge is 0.741 e. The number of halogens is 6. The number of nitrogens with zero attached hydrogens (tertiary/aromatic N) is 4. The summed E-state index contributed by atoms with van der Waals surface area (Å²) in [5, 5.41) is 101. The van der Waals surface area contributed by atoms with Crippen LogP contribution in [0.25, 0.3) is 0 Å². The van der Waals surface area contributed by atoms with E-state index in [9.17, 15) is 80.0 Å². The maximum atomic E-state index is 10.7. The van der Waals surface area contributed by atoms with Gasteiger partial charge in [-0.05, 0) is 40.5 Å². The Kier molecular flexibility index (Phi) is 91.4. The zero-order valence-corrected chi connectivity index (χ0v) is 64.2. The Morgan fingerprint density at radius 1 is 0.423 bits per heavy atom. The maximum Gasteiger partial charge on any atom is 1.00 e. The van der Waals surface area contributed by atoms with Gasteiger partial charge < -0.3 is 84.8 Å². The van der Waals surface area contributed by atoms with E-state index in [4.69, 9.17) is 71.9 Å². The largest absolute Gasteiger partial charge is 1.00 e. The number of rotatable bonds is 26. The van der Waals surface area contributed by atoms with E-state index >= 15 is 0 Å². The van der Waals surface area contributed by atoms with Gasteiger partial charge in [-0.3, -0.25) is 24.4 Å². The number of carbonyl (C=O) groups excluding carboxylic acids is 7. The van der Waals surface area contributed by atoms with Crippen LogP contribution in [0.2, 0.25) is 0 Å². The average molecular weight is 1360 g/mol. The van der Waals surface area contributed by atoms with Crippen molar-refractivity contribution in [3.05, 3.63) is 0 Å². The Morgan fingerprint density at radius 2 is 0.564 bits per heavy atom. The van der Waals surface area contributed by atoms with Gasteiger partial charge in [0.2, 0.25) is 0 Å². The van der Waals surface area contributed by atoms with Crippen LogP contribution in [0.4, 0.5) is 26.3 Å². The van der Waals surface area contributed by atoms with Gasteiger partial charge in [-0.15, -0.1) is 0 Å². The van der Waals surface area contributed by atoms with Crippen molar-refractivity contribution < 1.29 is 368 Å². The Labute approximate surface area is 601 Å². The second-order valence-corrected chi connectivity index (χ2v) is 16.5. The number of aliphatic hydroxyl groups excluding tert-OH is 4. The summed E-state index contributed by atoms with van der Waals surface area (Å²) in [6, 6.07) is 0. The zero-order valence-electron chi connectivity index (χ0n) is 44.7.